The highest BCUT2D eigenvalue weighted by atomic mass is 35.5. The Hall–Kier alpha value is -2.15. The van der Waals surface area contributed by atoms with E-state index < -0.39 is 6.09 Å². The van der Waals surface area contributed by atoms with Gasteiger partial charge in [-0.05, 0) is 12.1 Å². The van der Waals surface area contributed by atoms with Gasteiger partial charge >= 0.3 is 6.09 Å². The van der Waals surface area contributed by atoms with Crippen molar-refractivity contribution >= 4 is 23.6 Å². The molecule has 0 saturated carbocycles. The Morgan fingerprint density at radius 1 is 1.04 bits per heavy atom. The molecule has 2 rings (SSSR count). The van der Waals surface area contributed by atoms with E-state index >= 15 is 0 Å². The monoisotopic (exact) mass is 356 g/mol. The maximum atomic E-state index is 12.8. The molecule has 24 heavy (non-hydrogen) atoms. The third-order valence-corrected chi connectivity index (χ3v) is 3.92. The van der Waals surface area contributed by atoms with Gasteiger partial charge in [0.1, 0.15) is 23.7 Å². The van der Waals surface area contributed by atoms with Gasteiger partial charge < -0.3 is 24.0 Å². The molecule has 0 N–H and O–H groups in total. The second kappa shape index (κ2) is 8.63. The Bertz CT molecular complexity index is 566. The third-order valence-electron chi connectivity index (χ3n) is 3.77. The van der Waals surface area contributed by atoms with E-state index in [1.807, 2.05) is 0 Å². The van der Waals surface area contributed by atoms with Crippen LogP contribution in [0, 0.1) is 0 Å². The number of methoxy groups -OCH3 is 2. The fourth-order valence-corrected chi connectivity index (χ4v) is 2.61. The number of halogens is 1. The van der Waals surface area contributed by atoms with Crippen molar-refractivity contribution in [1.29, 1.82) is 0 Å². The first kappa shape index (κ1) is 18.2. The van der Waals surface area contributed by atoms with Crippen LogP contribution in [0.3, 0.4) is 0 Å². The van der Waals surface area contributed by atoms with Gasteiger partial charge in [0.2, 0.25) is 0 Å². The summed E-state index contributed by atoms with van der Waals surface area (Å²) in [5.74, 6) is 1.00. The second-order valence-corrected chi connectivity index (χ2v) is 5.50. The van der Waals surface area contributed by atoms with Crippen LogP contribution >= 0.6 is 11.6 Å². The number of piperazine rings is 1. The molecule has 1 aromatic carbocycles. The molecule has 132 valence electrons. The topological polar surface area (TPSA) is 68.3 Å². The lowest BCUT2D eigenvalue weighted by Gasteiger charge is -2.34. The van der Waals surface area contributed by atoms with Crippen molar-refractivity contribution in [2.24, 2.45) is 0 Å². The van der Waals surface area contributed by atoms with Gasteiger partial charge in [0.25, 0.3) is 5.91 Å². The minimum atomic E-state index is -0.405. The molecule has 1 saturated heterocycles. The number of amides is 2. The van der Waals surface area contributed by atoms with Crippen LogP contribution < -0.4 is 9.47 Å². The van der Waals surface area contributed by atoms with Gasteiger partial charge in [-0.2, -0.15) is 0 Å². The molecule has 0 atom stereocenters. The first-order chi connectivity index (χ1) is 11.6. The number of hydrogen-bond acceptors (Lipinski definition) is 5. The highest BCUT2D eigenvalue weighted by Gasteiger charge is 2.29. The van der Waals surface area contributed by atoms with E-state index in [9.17, 15) is 9.59 Å². The van der Waals surface area contributed by atoms with Crippen molar-refractivity contribution in [3.63, 3.8) is 0 Å². The molecule has 0 unspecified atom stereocenters. The number of benzene rings is 1. The first-order valence-corrected chi connectivity index (χ1v) is 8.13. The van der Waals surface area contributed by atoms with Crippen LogP contribution in [-0.2, 0) is 4.74 Å². The Morgan fingerprint density at radius 3 is 2.08 bits per heavy atom. The van der Waals surface area contributed by atoms with Gasteiger partial charge in [-0.1, -0.05) is 6.07 Å². The highest BCUT2D eigenvalue weighted by molar-refractivity contribution is 6.18. The molecule has 1 fully saturated rings. The van der Waals surface area contributed by atoms with Crippen LogP contribution in [-0.4, -0.2) is 74.7 Å². The van der Waals surface area contributed by atoms with Gasteiger partial charge in [0.05, 0.1) is 20.1 Å². The van der Waals surface area contributed by atoms with E-state index in [4.69, 9.17) is 25.8 Å². The summed E-state index contributed by atoms with van der Waals surface area (Å²) in [4.78, 5) is 27.9. The summed E-state index contributed by atoms with van der Waals surface area (Å²) >= 11 is 5.50. The van der Waals surface area contributed by atoms with Crippen molar-refractivity contribution in [2.45, 2.75) is 0 Å². The average molecular weight is 357 g/mol. The van der Waals surface area contributed by atoms with E-state index in [0.717, 1.165) is 0 Å². The lowest BCUT2D eigenvalue weighted by molar-refractivity contribution is 0.0566. The summed E-state index contributed by atoms with van der Waals surface area (Å²) in [6, 6.07) is 5.20. The SMILES string of the molecule is COc1cccc(OC)c1C(=O)N1CCN(C(=O)OCCCl)CC1. The number of alkyl halides is 1. The Labute approximate surface area is 146 Å². The highest BCUT2D eigenvalue weighted by Crippen LogP contribution is 2.29. The van der Waals surface area contributed by atoms with Crippen molar-refractivity contribution in [2.75, 3.05) is 52.9 Å². The molecule has 2 amide bonds. The van der Waals surface area contributed by atoms with E-state index in [2.05, 4.69) is 0 Å². The minimum Gasteiger partial charge on any atom is -0.496 e. The predicted octanol–water partition coefficient (Wildman–Crippen LogP) is 1.84. The quantitative estimate of drug-likeness (QED) is 0.753. The van der Waals surface area contributed by atoms with Gasteiger partial charge in [0.15, 0.2) is 0 Å². The zero-order valence-electron chi connectivity index (χ0n) is 13.8. The lowest BCUT2D eigenvalue weighted by atomic mass is 10.1. The fourth-order valence-electron chi connectivity index (χ4n) is 2.53. The zero-order valence-corrected chi connectivity index (χ0v) is 14.5. The first-order valence-electron chi connectivity index (χ1n) is 7.60. The molecule has 0 spiro atoms. The summed E-state index contributed by atoms with van der Waals surface area (Å²) in [5.41, 5.74) is 0.390. The lowest BCUT2D eigenvalue weighted by Crippen LogP contribution is -2.50. The normalized spacial score (nSPS) is 14.3. The van der Waals surface area contributed by atoms with E-state index in [1.165, 1.54) is 14.2 Å². The van der Waals surface area contributed by atoms with Gasteiger partial charge in [-0.25, -0.2) is 4.79 Å². The maximum absolute atomic E-state index is 12.8. The van der Waals surface area contributed by atoms with Crippen molar-refractivity contribution in [3.05, 3.63) is 23.8 Å². The molecule has 0 aromatic heterocycles. The molecule has 1 heterocycles. The molecule has 1 aromatic rings. The minimum absolute atomic E-state index is 0.179. The molecule has 0 aliphatic carbocycles. The molecule has 8 heteroatoms. The standard InChI is InChI=1S/C16H21ClN2O5/c1-22-12-4-3-5-13(23-2)14(12)15(20)18-7-9-19(10-8-18)16(21)24-11-6-17/h3-5H,6-11H2,1-2H3. The Kier molecular flexibility index (Phi) is 6.54. The van der Waals surface area contributed by atoms with Crippen molar-refractivity contribution < 1.29 is 23.8 Å². The number of rotatable bonds is 5. The molecule has 0 bridgehead atoms. The van der Waals surface area contributed by atoms with Gasteiger partial charge in [-0.15, -0.1) is 11.6 Å². The van der Waals surface area contributed by atoms with Crippen LogP contribution in [0.25, 0.3) is 0 Å². The van der Waals surface area contributed by atoms with Crippen LogP contribution in [0.4, 0.5) is 4.79 Å². The molecule has 7 nitrogen and oxygen atoms in total. The summed E-state index contributed by atoms with van der Waals surface area (Å²) in [6.45, 7) is 1.82. The van der Waals surface area contributed by atoms with Crippen LogP contribution in [0.15, 0.2) is 18.2 Å². The number of ether oxygens (including phenoxy) is 3. The van der Waals surface area contributed by atoms with Crippen molar-refractivity contribution in [1.82, 2.24) is 9.80 Å². The fraction of sp³-hybridized carbons (Fsp3) is 0.500. The van der Waals surface area contributed by atoms with Crippen LogP contribution in [0.2, 0.25) is 0 Å². The van der Waals surface area contributed by atoms with E-state index in [1.54, 1.807) is 28.0 Å². The number of carbonyl (C=O) groups excluding carboxylic acids is 2. The average Bonchev–Trinajstić information content (AvgIpc) is 2.64. The summed E-state index contributed by atoms with van der Waals surface area (Å²) < 4.78 is 15.6. The molecular weight excluding hydrogens is 336 g/mol. The summed E-state index contributed by atoms with van der Waals surface area (Å²) in [7, 11) is 3.02. The zero-order chi connectivity index (χ0) is 17.5. The Balaban J connectivity index is 2.05. The van der Waals surface area contributed by atoms with Crippen LogP contribution in [0.5, 0.6) is 11.5 Å². The van der Waals surface area contributed by atoms with Gasteiger partial charge in [0, 0.05) is 26.2 Å². The molecular formula is C16H21ClN2O5. The molecule has 1 aliphatic heterocycles. The largest absolute Gasteiger partial charge is 0.496 e. The van der Waals surface area contributed by atoms with Crippen LogP contribution in [0.1, 0.15) is 10.4 Å². The van der Waals surface area contributed by atoms with Crippen molar-refractivity contribution in [3.8, 4) is 11.5 Å². The number of carbonyl (C=O) groups is 2. The smallest absolute Gasteiger partial charge is 0.409 e. The number of nitrogens with zero attached hydrogens (tertiary/aromatic N) is 2. The second-order valence-electron chi connectivity index (χ2n) is 5.12. The molecule has 1 aliphatic rings. The third kappa shape index (κ3) is 4.03. The van der Waals surface area contributed by atoms with E-state index in [0.29, 0.717) is 43.2 Å². The number of hydrogen-bond donors (Lipinski definition) is 0. The predicted molar refractivity (Wildman–Crippen MR) is 89.1 cm³/mol. The molecule has 0 radical (unpaired) electrons. The Morgan fingerprint density at radius 2 is 1.58 bits per heavy atom. The summed E-state index contributed by atoms with van der Waals surface area (Å²) in [6.07, 6.45) is -0.405. The van der Waals surface area contributed by atoms with Gasteiger partial charge in [-0.3, -0.25) is 4.79 Å². The van der Waals surface area contributed by atoms with E-state index in [-0.39, 0.29) is 18.4 Å². The maximum Gasteiger partial charge on any atom is 0.409 e. The summed E-state index contributed by atoms with van der Waals surface area (Å²) in [5, 5.41) is 0.